The Labute approximate surface area is 143 Å². The van der Waals surface area contributed by atoms with E-state index < -0.39 is 5.41 Å². The maximum absolute atomic E-state index is 12.5. The molecule has 24 heavy (non-hydrogen) atoms. The average Bonchev–Trinajstić information content (AvgIpc) is 3.40. The summed E-state index contributed by atoms with van der Waals surface area (Å²) in [5.74, 6) is -0.302. The molecule has 1 aromatic rings. The molecule has 0 spiro atoms. The highest BCUT2D eigenvalue weighted by Crippen LogP contribution is 2.46. The van der Waals surface area contributed by atoms with E-state index in [9.17, 15) is 9.59 Å². The molecule has 2 N–H and O–H groups in total. The lowest BCUT2D eigenvalue weighted by Gasteiger charge is -2.17. The fourth-order valence-corrected chi connectivity index (χ4v) is 3.21. The van der Waals surface area contributed by atoms with Gasteiger partial charge in [-0.15, -0.1) is 0 Å². The fourth-order valence-electron chi connectivity index (χ4n) is 3.21. The lowest BCUT2D eigenvalue weighted by molar-refractivity contribution is -0.134. The van der Waals surface area contributed by atoms with Crippen molar-refractivity contribution in [1.29, 1.82) is 0 Å². The van der Waals surface area contributed by atoms with Gasteiger partial charge in [-0.05, 0) is 64.0 Å². The monoisotopic (exact) mass is 326 g/mol. The number of aryl methyl sites for hydroxylation is 1. The number of allylic oxidation sites excluding steroid dienone is 1. The van der Waals surface area contributed by atoms with Crippen molar-refractivity contribution in [3.05, 3.63) is 41.5 Å². The maximum atomic E-state index is 12.5. The predicted octanol–water partition coefficient (Wildman–Crippen LogP) is 3.72. The summed E-state index contributed by atoms with van der Waals surface area (Å²) < 4.78 is 0. The van der Waals surface area contributed by atoms with Crippen LogP contribution in [0.15, 0.2) is 35.9 Å². The highest BCUT2D eigenvalue weighted by Gasteiger charge is 2.56. The first-order chi connectivity index (χ1) is 11.6. The smallest absolute Gasteiger partial charge is 0.240 e. The van der Waals surface area contributed by atoms with Gasteiger partial charge < -0.3 is 10.6 Å². The molecule has 2 aliphatic carbocycles. The van der Waals surface area contributed by atoms with Gasteiger partial charge in [-0.25, -0.2) is 0 Å². The van der Waals surface area contributed by atoms with Crippen molar-refractivity contribution in [3.8, 4) is 0 Å². The van der Waals surface area contributed by atoms with Crippen LogP contribution in [0, 0.1) is 12.3 Å². The Morgan fingerprint density at radius 3 is 2.46 bits per heavy atom. The summed E-state index contributed by atoms with van der Waals surface area (Å²) in [6.07, 6.45) is 9.31. The minimum atomic E-state index is -0.855. The molecule has 0 radical (unpaired) electrons. The van der Waals surface area contributed by atoms with Crippen molar-refractivity contribution in [2.24, 2.45) is 5.41 Å². The highest BCUT2D eigenvalue weighted by molar-refractivity contribution is 6.13. The van der Waals surface area contributed by atoms with Crippen LogP contribution in [-0.4, -0.2) is 18.4 Å². The van der Waals surface area contributed by atoms with Crippen LogP contribution < -0.4 is 10.6 Å². The third-order valence-electron chi connectivity index (χ3n) is 5.05. The standard InChI is InChI=1S/C20H26N2O2/c1-15-7-9-17(10-8-15)22-19(24)20(12-13-20)18(23)21-14-11-16-5-3-2-4-6-16/h5,7-10H,2-4,6,11-14H2,1H3,(H,21,23)(H,22,24). The van der Waals surface area contributed by atoms with Gasteiger partial charge in [0.2, 0.25) is 11.8 Å². The van der Waals surface area contributed by atoms with E-state index in [1.54, 1.807) is 0 Å². The second-order valence-corrected chi connectivity index (χ2v) is 7.02. The minimum absolute atomic E-state index is 0.122. The number of rotatable bonds is 6. The molecule has 1 fully saturated rings. The van der Waals surface area contributed by atoms with E-state index in [0.717, 1.165) is 30.5 Å². The number of hydrogen-bond acceptors (Lipinski definition) is 2. The van der Waals surface area contributed by atoms with Gasteiger partial charge in [-0.2, -0.15) is 0 Å². The lowest BCUT2D eigenvalue weighted by atomic mass is 9.97. The summed E-state index contributed by atoms with van der Waals surface area (Å²) >= 11 is 0. The van der Waals surface area contributed by atoms with Crippen molar-refractivity contribution in [2.45, 2.75) is 51.9 Å². The van der Waals surface area contributed by atoms with Gasteiger partial charge >= 0.3 is 0 Å². The number of anilines is 1. The molecule has 128 valence electrons. The molecule has 0 bridgehead atoms. The minimum Gasteiger partial charge on any atom is -0.355 e. The topological polar surface area (TPSA) is 58.2 Å². The van der Waals surface area contributed by atoms with Gasteiger partial charge in [0.25, 0.3) is 0 Å². The van der Waals surface area contributed by atoms with E-state index in [0.29, 0.717) is 19.4 Å². The van der Waals surface area contributed by atoms with E-state index >= 15 is 0 Å². The van der Waals surface area contributed by atoms with Crippen molar-refractivity contribution in [2.75, 3.05) is 11.9 Å². The molecular formula is C20H26N2O2. The Kier molecular flexibility index (Phi) is 5.03. The lowest BCUT2D eigenvalue weighted by Crippen LogP contribution is -2.40. The summed E-state index contributed by atoms with van der Waals surface area (Å²) in [6.45, 7) is 2.63. The van der Waals surface area contributed by atoms with Crippen LogP contribution in [-0.2, 0) is 9.59 Å². The number of amides is 2. The maximum Gasteiger partial charge on any atom is 0.240 e. The van der Waals surface area contributed by atoms with Gasteiger partial charge in [0, 0.05) is 12.2 Å². The van der Waals surface area contributed by atoms with E-state index in [4.69, 9.17) is 0 Å². The Morgan fingerprint density at radius 1 is 1.08 bits per heavy atom. The molecule has 0 aliphatic heterocycles. The number of hydrogen-bond donors (Lipinski definition) is 2. The van der Waals surface area contributed by atoms with Crippen LogP contribution in [0.3, 0.4) is 0 Å². The summed E-state index contributed by atoms with van der Waals surface area (Å²) in [6, 6.07) is 7.65. The fraction of sp³-hybridized carbons (Fsp3) is 0.500. The van der Waals surface area contributed by atoms with Crippen LogP contribution in [0.2, 0.25) is 0 Å². The summed E-state index contributed by atoms with van der Waals surface area (Å²) in [4.78, 5) is 25.0. The van der Waals surface area contributed by atoms with Crippen molar-refractivity contribution in [3.63, 3.8) is 0 Å². The normalized spacial score (nSPS) is 18.5. The van der Waals surface area contributed by atoms with Gasteiger partial charge in [0.15, 0.2) is 0 Å². The molecule has 0 unspecified atom stereocenters. The third kappa shape index (κ3) is 3.86. The molecule has 4 nitrogen and oxygen atoms in total. The van der Waals surface area contributed by atoms with Gasteiger partial charge in [-0.1, -0.05) is 29.3 Å². The SMILES string of the molecule is Cc1ccc(NC(=O)C2(C(=O)NCCC3=CCCCC3)CC2)cc1. The molecule has 1 saturated carbocycles. The summed E-state index contributed by atoms with van der Waals surface area (Å²) in [5.41, 5.74) is 2.47. The second-order valence-electron chi connectivity index (χ2n) is 7.02. The van der Waals surface area contributed by atoms with Crippen LogP contribution >= 0.6 is 0 Å². The first kappa shape index (κ1) is 16.7. The quantitative estimate of drug-likeness (QED) is 0.618. The van der Waals surface area contributed by atoms with Gasteiger partial charge in [0.1, 0.15) is 5.41 Å². The predicted molar refractivity (Wildman–Crippen MR) is 95.7 cm³/mol. The average molecular weight is 326 g/mol. The number of benzene rings is 1. The zero-order valence-corrected chi connectivity index (χ0v) is 14.4. The Morgan fingerprint density at radius 2 is 1.83 bits per heavy atom. The first-order valence-electron chi connectivity index (χ1n) is 8.94. The number of carbonyl (C=O) groups excluding carboxylic acids is 2. The van der Waals surface area contributed by atoms with Crippen molar-refractivity contribution in [1.82, 2.24) is 5.32 Å². The van der Waals surface area contributed by atoms with Crippen molar-refractivity contribution >= 4 is 17.5 Å². The third-order valence-corrected chi connectivity index (χ3v) is 5.05. The molecule has 2 aliphatic rings. The van der Waals surface area contributed by atoms with E-state index in [1.165, 1.54) is 18.4 Å². The molecule has 0 atom stereocenters. The molecule has 1 aromatic carbocycles. The molecule has 3 rings (SSSR count). The van der Waals surface area contributed by atoms with E-state index in [1.807, 2.05) is 31.2 Å². The zero-order chi connectivity index (χ0) is 17.0. The second kappa shape index (κ2) is 7.20. The van der Waals surface area contributed by atoms with Crippen LogP contribution in [0.4, 0.5) is 5.69 Å². The van der Waals surface area contributed by atoms with Gasteiger partial charge in [0.05, 0.1) is 0 Å². The molecule has 4 heteroatoms. The Hall–Kier alpha value is -2.10. The number of nitrogens with one attached hydrogen (secondary N) is 2. The molecule has 2 amide bonds. The Balaban J connectivity index is 1.50. The molecular weight excluding hydrogens is 300 g/mol. The summed E-state index contributed by atoms with van der Waals surface area (Å²) in [5, 5.41) is 5.85. The molecule has 0 aromatic heterocycles. The zero-order valence-electron chi connectivity index (χ0n) is 14.4. The highest BCUT2D eigenvalue weighted by atomic mass is 16.2. The van der Waals surface area contributed by atoms with Crippen LogP contribution in [0.5, 0.6) is 0 Å². The van der Waals surface area contributed by atoms with Crippen LogP contribution in [0.25, 0.3) is 0 Å². The van der Waals surface area contributed by atoms with Crippen molar-refractivity contribution < 1.29 is 9.59 Å². The largest absolute Gasteiger partial charge is 0.355 e. The van der Waals surface area contributed by atoms with E-state index in [-0.39, 0.29) is 11.8 Å². The molecule has 0 heterocycles. The van der Waals surface area contributed by atoms with Crippen LogP contribution in [0.1, 0.15) is 50.5 Å². The Bertz CT molecular complexity index is 642. The number of carbonyl (C=O) groups is 2. The molecule has 0 saturated heterocycles. The van der Waals surface area contributed by atoms with E-state index in [2.05, 4.69) is 16.7 Å². The first-order valence-corrected chi connectivity index (χ1v) is 8.94. The summed E-state index contributed by atoms with van der Waals surface area (Å²) in [7, 11) is 0. The van der Waals surface area contributed by atoms with Gasteiger partial charge in [-0.3, -0.25) is 9.59 Å².